The van der Waals surface area contributed by atoms with Crippen molar-refractivity contribution in [2.45, 2.75) is 13.5 Å². The lowest BCUT2D eigenvalue weighted by Gasteiger charge is -2.11. The van der Waals surface area contributed by atoms with Crippen molar-refractivity contribution in [2.75, 3.05) is 12.3 Å². The molecule has 0 amide bonds. The minimum Gasteiger partial charge on any atom is -0.508 e. The number of hydrogen-bond donors (Lipinski definition) is 2. The van der Waals surface area contributed by atoms with Gasteiger partial charge in [-0.25, -0.2) is 4.79 Å². The lowest BCUT2D eigenvalue weighted by Crippen LogP contribution is -2.08. The van der Waals surface area contributed by atoms with E-state index < -0.39 is 5.97 Å². The smallest absolute Gasteiger partial charge is 0.341 e. The molecule has 2 aromatic rings. The largest absolute Gasteiger partial charge is 0.508 e. The molecule has 110 valence electrons. The van der Waals surface area contributed by atoms with Gasteiger partial charge in [-0.15, -0.1) is 0 Å². The van der Waals surface area contributed by atoms with Gasteiger partial charge in [0, 0.05) is 5.69 Å². The summed E-state index contributed by atoms with van der Waals surface area (Å²) < 4.78 is 10.6. The standard InChI is InChI=1S/C16H17NO4/c1-2-20-16(19)14-9-12(17)6-7-15(14)21-10-11-4-3-5-13(18)8-11/h3-9,18H,2,10,17H2,1H3. The maximum atomic E-state index is 11.9. The highest BCUT2D eigenvalue weighted by Gasteiger charge is 2.14. The van der Waals surface area contributed by atoms with Gasteiger partial charge in [-0.3, -0.25) is 0 Å². The van der Waals surface area contributed by atoms with Crippen LogP contribution in [0.1, 0.15) is 22.8 Å². The fourth-order valence-electron chi connectivity index (χ4n) is 1.85. The summed E-state index contributed by atoms with van der Waals surface area (Å²) >= 11 is 0. The van der Waals surface area contributed by atoms with Gasteiger partial charge in [0.15, 0.2) is 0 Å². The van der Waals surface area contributed by atoms with Crippen molar-refractivity contribution in [1.82, 2.24) is 0 Å². The van der Waals surface area contributed by atoms with E-state index in [0.717, 1.165) is 5.56 Å². The van der Waals surface area contributed by atoms with Crippen LogP contribution in [-0.2, 0) is 11.3 Å². The van der Waals surface area contributed by atoms with Crippen molar-refractivity contribution in [2.24, 2.45) is 0 Å². The van der Waals surface area contributed by atoms with Crippen molar-refractivity contribution in [3.63, 3.8) is 0 Å². The van der Waals surface area contributed by atoms with E-state index in [1.807, 2.05) is 6.07 Å². The molecule has 0 bridgehead atoms. The van der Waals surface area contributed by atoms with Crippen molar-refractivity contribution in [3.8, 4) is 11.5 Å². The highest BCUT2D eigenvalue weighted by Crippen LogP contribution is 2.24. The zero-order chi connectivity index (χ0) is 15.2. The Balaban J connectivity index is 2.17. The normalized spacial score (nSPS) is 10.1. The molecule has 0 aliphatic rings. The predicted molar refractivity (Wildman–Crippen MR) is 79.2 cm³/mol. The lowest BCUT2D eigenvalue weighted by molar-refractivity contribution is 0.0521. The van der Waals surface area contributed by atoms with Gasteiger partial charge in [0.25, 0.3) is 0 Å². The first-order valence-electron chi connectivity index (χ1n) is 6.57. The van der Waals surface area contributed by atoms with Crippen molar-refractivity contribution in [3.05, 3.63) is 53.6 Å². The maximum absolute atomic E-state index is 11.9. The summed E-state index contributed by atoms with van der Waals surface area (Å²) in [6, 6.07) is 11.5. The molecule has 21 heavy (non-hydrogen) atoms. The molecule has 0 radical (unpaired) electrons. The summed E-state index contributed by atoms with van der Waals surface area (Å²) in [6.45, 7) is 2.24. The van der Waals surface area contributed by atoms with Gasteiger partial charge >= 0.3 is 5.97 Å². The molecule has 3 N–H and O–H groups in total. The van der Waals surface area contributed by atoms with Crippen LogP contribution < -0.4 is 10.5 Å². The monoisotopic (exact) mass is 287 g/mol. The highest BCUT2D eigenvalue weighted by molar-refractivity contribution is 5.93. The second kappa shape index (κ2) is 6.65. The number of benzene rings is 2. The van der Waals surface area contributed by atoms with Crippen molar-refractivity contribution in [1.29, 1.82) is 0 Å². The van der Waals surface area contributed by atoms with Crippen LogP contribution in [0.4, 0.5) is 5.69 Å². The maximum Gasteiger partial charge on any atom is 0.341 e. The van der Waals surface area contributed by atoms with Gasteiger partial charge < -0.3 is 20.3 Å². The van der Waals surface area contributed by atoms with E-state index in [2.05, 4.69) is 0 Å². The average molecular weight is 287 g/mol. The fourth-order valence-corrected chi connectivity index (χ4v) is 1.85. The number of phenols is 1. The number of ether oxygens (including phenoxy) is 2. The van der Waals surface area contributed by atoms with E-state index in [-0.39, 0.29) is 24.5 Å². The summed E-state index contributed by atoms with van der Waals surface area (Å²) in [7, 11) is 0. The average Bonchev–Trinajstić information content (AvgIpc) is 2.46. The summed E-state index contributed by atoms with van der Waals surface area (Å²) in [5, 5.41) is 9.41. The molecule has 0 aliphatic heterocycles. The van der Waals surface area contributed by atoms with Crippen LogP contribution in [-0.4, -0.2) is 17.7 Å². The van der Waals surface area contributed by atoms with E-state index >= 15 is 0 Å². The third-order valence-electron chi connectivity index (χ3n) is 2.80. The number of hydrogen-bond acceptors (Lipinski definition) is 5. The minimum atomic E-state index is -0.476. The SMILES string of the molecule is CCOC(=O)c1cc(N)ccc1OCc1cccc(O)c1. The second-order valence-electron chi connectivity index (χ2n) is 4.43. The quantitative estimate of drug-likeness (QED) is 0.652. The van der Waals surface area contributed by atoms with Crippen molar-refractivity contribution >= 4 is 11.7 Å². The second-order valence-corrected chi connectivity index (χ2v) is 4.43. The van der Waals surface area contributed by atoms with Gasteiger partial charge in [0.05, 0.1) is 6.61 Å². The third-order valence-corrected chi connectivity index (χ3v) is 2.80. The number of carbonyl (C=O) groups is 1. The van der Waals surface area contributed by atoms with Gasteiger partial charge in [-0.1, -0.05) is 12.1 Å². The molecule has 5 nitrogen and oxygen atoms in total. The van der Waals surface area contributed by atoms with Crippen LogP contribution in [0.3, 0.4) is 0 Å². The molecule has 2 aromatic carbocycles. The lowest BCUT2D eigenvalue weighted by atomic mass is 10.1. The fraction of sp³-hybridized carbons (Fsp3) is 0.188. The Morgan fingerprint density at radius 3 is 2.76 bits per heavy atom. The molecular weight excluding hydrogens is 270 g/mol. The van der Waals surface area contributed by atoms with Crippen LogP contribution in [0.5, 0.6) is 11.5 Å². The topological polar surface area (TPSA) is 81.8 Å². The number of esters is 1. The first kappa shape index (κ1) is 14.7. The number of rotatable bonds is 5. The summed E-state index contributed by atoms with van der Waals surface area (Å²) in [5.41, 5.74) is 7.24. The Morgan fingerprint density at radius 1 is 1.24 bits per heavy atom. The molecule has 0 aliphatic carbocycles. The van der Waals surface area contributed by atoms with E-state index in [4.69, 9.17) is 15.2 Å². The van der Waals surface area contributed by atoms with Crippen LogP contribution in [0.15, 0.2) is 42.5 Å². The Hall–Kier alpha value is -2.69. The predicted octanol–water partition coefficient (Wildman–Crippen LogP) is 2.73. The number of anilines is 1. The van der Waals surface area contributed by atoms with E-state index in [1.165, 1.54) is 6.07 Å². The third kappa shape index (κ3) is 3.89. The molecule has 0 spiro atoms. The Labute approximate surface area is 122 Å². The number of nitrogen functional groups attached to an aromatic ring is 1. The van der Waals surface area contributed by atoms with Gasteiger partial charge in [-0.2, -0.15) is 0 Å². The first-order valence-corrected chi connectivity index (χ1v) is 6.57. The Bertz CT molecular complexity index is 640. The first-order chi connectivity index (χ1) is 10.1. The molecule has 2 rings (SSSR count). The summed E-state index contributed by atoms with van der Waals surface area (Å²) in [5.74, 6) is 0.0840. The van der Waals surface area contributed by atoms with Gasteiger partial charge in [-0.05, 0) is 42.8 Å². The molecule has 5 heteroatoms. The van der Waals surface area contributed by atoms with E-state index in [1.54, 1.807) is 37.3 Å². The zero-order valence-corrected chi connectivity index (χ0v) is 11.7. The van der Waals surface area contributed by atoms with Gasteiger partial charge in [0.2, 0.25) is 0 Å². The summed E-state index contributed by atoms with van der Waals surface area (Å²) in [4.78, 5) is 11.9. The molecule has 0 aromatic heterocycles. The molecule has 0 heterocycles. The molecule has 0 atom stereocenters. The Kier molecular flexibility index (Phi) is 4.66. The Morgan fingerprint density at radius 2 is 2.05 bits per heavy atom. The molecule has 0 saturated heterocycles. The molecular formula is C16H17NO4. The highest BCUT2D eigenvalue weighted by atomic mass is 16.5. The van der Waals surface area contributed by atoms with Crippen LogP contribution in [0.25, 0.3) is 0 Å². The zero-order valence-electron chi connectivity index (χ0n) is 11.7. The number of nitrogens with two attached hydrogens (primary N) is 1. The molecule has 0 unspecified atom stereocenters. The van der Waals surface area contributed by atoms with Crippen molar-refractivity contribution < 1.29 is 19.4 Å². The molecule has 0 fully saturated rings. The van der Waals surface area contributed by atoms with Crippen LogP contribution in [0.2, 0.25) is 0 Å². The summed E-state index contributed by atoms with van der Waals surface area (Å²) in [6.07, 6.45) is 0. The molecule has 0 saturated carbocycles. The van der Waals surface area contributed by atoms with E-state index in [0.29, 0.717) is 11.4 Å². The number of aromatic hydroxyl groups is 1. The van der Waals surface area contributed by atoms with Gasteiger partial charge in [0.1, 0.15) is 23.7 Å². The van der Waals surface area contributed by atoms with E-state index in [9.17, 15) is 9.90 Å². The van der Waals surface area contributed by atoms with Crippen LogP contribution in [0, 0.1) is 0 Å². The number of carbonyl (C=O) groups excluding carboxylic acids is 1. The number of phenolic OH excluding ortho intramolecular Hbond substituents is 1. The minimum absolute atomic E-state index is 0.166. The van der Waals surface area contributed by atoms with Crippen LogP contribution >= 0.6 is 0 Å².